The molecule has 0 aliphatic carbocycles. The number of hydrogen-bond donors (Lipinski definition) is 2. The molecule has 5 heteroatoms. The highest BCUT2D eigenvalue weighted by Gasteiger charge is 2.06. The Kier molecular flexibility index (Phi) is 4.56. The number of phenolic OH excluding ortho intramolecular Hbond substituents is 1. The minimum absolute atomic E-state index is 0.0199. The van der Waals surface area contributed by atoms with Gasteiger partial charge in [-0.2, -0.15) is 5.10 Å². The molecule has 0 fully saturated rings. The van der Waals surface area contributed by atoms with E-state index >= 15 is 0 Å². The van der Waals surface area contributed by atoms with Crippen LogP contribution in [0.3, 0.4) is 0 Å². The minimum atomic E-state index is -0.308. The van der Waals surface area contributed by atoms with E-state index in [-0.39, 0.29) is 11.7 Å². The first-order chi connectivity index (χ1) is 10.1. The lowest BCUT2D eigenvalue weighted by Crippen LogP contribution is -2.17. The van der Waals surface area contributed by atoms with E-state index in [9.17, 15) is 9.90 Å². The van der Waals surface area contributed by atoms with Crippen LogP contribution in [-0.2, 0) is 0 Å². The minimum Gasteiger partial charge on any atom is -0.504 e. The lowest BCUT2D eigenvalue weighted by atomic mass is 10.1. The number of benzene rings is 2. The highest BCUT2D eigenvalue weighted by molar-refractivity contribution is 5.95. The zero-order valence-electron chi connectivity index (χ0n) is 11.8. The van der Waals surface area contributed by atoms with Gasteiger partial charge in [0.15, 0.2) is 11.5 Å². The van der Waals surface area contributed by atoms with E-state index in [0.717, 1.165) is 5.56 Å². The van der Waals surface area contributed by atoms with Crippen molar-refractivity contribution in [2.75, 3.05) is 7.11 Å². The van der Waals surface area contributed by atoms with Gasteiger partial charge in [0.25, 0.3) is 5.91 Å². The van der Waals surface area contributed by atoms with Crippen molar-refractivity contribution in [3.05, 3.63) is 59.2 Å². The van der Waals surface area contributed by atoms with Gasteiger partial charge in [0.05, 0.1) is 13.3 Å². The number of ether oxygens (including phenoxy) is 1. The molecule has 108 valence electrons. The number of hydrazone groups is 1. The first-order valence-corrected chi connectivity index (χ1v) is 6.38. The Morgan fingerprint density at radius 1 is 1.29 bits per heavy atom. The topological polar surface area (TPSA) is 70.9 Å². The first kappa shape index (κ1) is 14.6. The Hall–Kier alpha value is -2.82. The molecule has 0 saturated heterocycles. The standard InChI is InChI=1S/C16H16N2O3/c1-11-5-3-6-12(9-11)16(20)18-17-10-13-7-4-8-14(21-2)15(13)19/h3-10,19H,1-2H3,(H,18,20)/b17-10+. The van der Waals surface area contributed by atoms with Gasteiger partial charge in [-0.1, -0.05) is 23.8 Å². The number of aromatic hydroxyl groups is 1. The number of carbonyl (C=O) groups excluding carboxylic acids is 1. The number of para-hydroxylation sites is 1. The normalized spacial score (nSPS) is 10.6. The quantitative estimate of drug-likeness (QED) is 0.669. The average molecular weight is 284 g/mol. The molecular formula is C16H16N2O3. The molecule has 0 saturated carbocycles. The van der Waals surface area contributed by atoms with E-state index in [4.69, 9.17) is 4.74 Å². The third-order valence-corrected chi connectivity index (χ3v) is 2.90. The highest BCUT2D eigenvalue weighted by Crippen LogP contribution is 2.27. The second-order valence-electron chi connectivity index (χ2n) is 4.47. The number of amides is 1. The van der Waals surface area contributed by atoms with Gasteiger partial charge in [0.1, 0.15) is 0 Å². The van der Waals surface area contributed by atoms with Crippen LogP contribution >= 0.6 is 0 Å². The van der Waals surface area contributed by atoms with Crippen molar-refractivity contribution in [3.63, 3.8) is 0 Å². The highest BCUT2D eigenvalue weighted by atomic mass is 16.5. The summed E-state index contributed by atoms with van der Waals surface area (Å²) in [5, 5.41) is 13.7. The summed E-state index contributed by atoms with van der Waals surface area (Å²) < 4.78 is 5.00. The van der Waals surface area contributed by atoms with E-state index in [2.05, 4.69) is 10.5 Å². The predicted molar refractivity (Wildman–Crippen MR) is 80.9 cm³/mol. The van der Waals surface area contributed by atoms with Gasteiger partial charge < -0.3 is 9.84 Å². The summed E-state index contributed by atoms with van der Waals surface area (Å²) in [6.45, 7) is 1.91. The van der Waals surface area contributed by atoms with Crippen molar-refractivity contribution in [1.82, 2.24) is 5.43 Å². The summed E-state index contributed by atoms with van der Waals surface area (Å²) in [6, 6.07) is 12.2. The molecule has 0 heterocycles. The molecule has 0 aromatic heterocycles. The number of carbonyl (C=O) groups is 1. The lowest BCUT2D eigenvalue weighted by Gasteiger charge is -2.05. The van der Waals surface area contributed by atoms with Crippen LogP contribution in [0.5, 0.6) is 11.5 Å². The van der Waals surface area contributed by atoms with Crippen molar-refractivity contribution in [3.8, 4) is 11.5 Å². The largest absolute Gasteiger partial charge is 0.504 e. The van der Waals surface area contributed by atoms with Crippen LogP contribution < -0.4 is 10.2 Å². The third kappa shape index (κ3) is 3.60. The van der Waals surface area contributed by atoms with Crippen molar-refractivity contribution >= 4 is 12.1 Å². The fourth-order valence-electron chi connectivity index (χ4n) is 1.82. The zero-order chi connectivity index (χ0) is 15.2. The summed E-state index contributed by atoms with van der Waals surface area (Å²) >= 11 is 0. The zero-order valence-corrected chi connectivity index (χ0v) is 11.8. The Bertz CT molecular complexity index is 681. The maximum absolute atomic E-state index is 11.9. The van der Waals surface area contributed by atoms with Crippen LogP contribution in [-0.4, -0.2) is 24.3 Å². The summed E-state index contributed by atoms with van der Waals surface area (Å²) in [5.41, 5.74) is 4.40. The van der Waals surface area contributed by atoms with Crippen LogP contribution in [0.25, 0.3) is 0 Å². The van der Waals surface area contributed by atoms with E-state index in [1.54, 1.807) is 30.3 Å². The van der Waals surface area contributed by atoms with Crippen LogP contribution in [0.2, 0.25) is 0 Å². The Balaban J connectivity index is 2.07. The maximum Gasteiger partial charge on any atom is 0.271 e. The average Bonchev–Trinajstić information content (AvgIpc) is 2.49. The van der Waals surface area contributed by atoms with Crippen molar-refractivity contribution < 1.29 is 14.6 Å². The van der Waals surface area contributed by atoms with Gasteiger partial charge in [-0.25, -0.2) is 5.43 Å². The number of aryl methyl sites for hydroxylation is 1. The van der Waals surface area contributed by atoms with Crippen LogP contribution in [0.4, 0.5) is 0 Å². The molecule has 0 atom stereocenters. The molecule has 0 spiro atoms. The number of nitrogens with one attached hydrogen (secondary N) is 1. The fourth-order valence-corrected chi connectivity index (χ4v) is 1.82. The molecule has 0 aliphatic heterocycles. The number of nitrogens with zero attached hydrogens (tertiary/aromatic N) is 1. The maximum atomic E-state index is 11.9. The third-order valence-electron chi connectivity index (χ3n) is 2.90. The second-order valence-corrected chi connectivity index (χ2v) is 4.47. The van der Waals surface area contributed by atoms with Gasteiger partial charge in [0.2, 0.25) is 0 Å². The Labute approximate surface area is 122 Å². The summed E-state index contributed by atoms with van der Waals surface area (Å²) in [5.74, 6) is 0.0230. The lowest BCUT2D eigenvalue weighted by molar-refractivity contribution is 0.0955. The molecule has 2 N–H and O–H groups in total. The van der Waals surface area contributed by atoms with Crippen molar-refractivity contribution in [1.29, 1.82) is 0 Å². The molecule has 0 bridgehead atoms. The molecule has 2 rings (SSSR count). The van der Waals surface area contributed by atoms with Crippen molar-refractivity contribution in [2.24, 2.45) is 5.10 Å². The fraction of sp³-hybridized carbons (Fsp3) is 0.125. The monoisotopic (exact) mass is 284 g/mol. The van der Waals surface area contributed by atoms with Gasteiger partial charge in [-0.3, -0.25) is 4.79 Å². The number of methoxy groups -OCH3 is 1. The molecule has 5 nitrogen and oxygen atoms in total. The first-order valence-electron chi connectivity index (χ1n) is 6.38. The van der Waals surface area contributed by atoms with Gasteiger partial charge in [-0.05, 0) is 31.2 Å². The summed E-state index contributed by atoms with van der Waals surface area (Å²) in [6.07, 6.45) is 1.37. The Morgan fingerprint density at radius 3 is 2.76 bits per heavy atom. The molecule has 0 radical (unpaired) electrons. The van der Waals surface area contributed by atoms with Crippen LogP contribution in [0.1, 0.15) is 21.5 Å². The molecule has 0 unspecified atom stereocenters. The van der Waals surface area contributed by atoms with E-state index in [1.807, 2.05) is 19.1 Å². The molecule has 2 aromatic carbocycles. The summed E-state index contributed by atoms with van der Waals surface area (Å²) in [4.78, 5) is 11.9. The molecule has 21 heavy (non-hydrogen) atoms. The molecule has 0 aliphatic rings. The van der Waals surface area contributed by atoms with Crippen LogP contribution in [0.15, 0.2) is 47.6 Å². The van der Waals surface area contributed by atoms with Gasteiger partial charge in [-0.15, -0.1) is 0 Å². The van der Waals surface area contributed by atoms with Crippen LogP contribution in [0, 0.1) is 6.92 Å². The van der Waals surface area contributed by atoms with E-state index in [0.29, 0.717) is 16.9 Å². The Morgan fingerprint density at radius 2 is 2.05 bits per heavy atom. The van der Waals surface area contributed by atoms with E-state index in [1.165, 1.54) is 13.3 Å². The molecule has 1 amide bonds. The van der Waals surface area contributed by atoms with Gasteiger partial charge in [0, 0.05) is 11.1 Å². The number of phenols is 1. The van der Waals surface area contributed by atoms with Crippen molar-refractivity contribution in [2.45, 2.75) is 6.92 Å². The SMILES string of the molecule is COc1cccc(/C=N/NC(=O)c2cccc(C)c2)c1O. The predicted octanol–water partition coefficient (Wildman–Crippen LogP) is 2.47. The van der Waals surface area contributed by atoms with Gasteiger partial charge >= 0.3 is 0 Å². The molecular weight excluding hydrogens is 268 g/mol. The summed E-state index contributed by atoms with van der Waals surface area (Å²) in [7, 11) is 1.47. The number of hydrogen-bond acceptors (Lipinski definition) is 4. The van der Waals surface area contributed by atoms with E-state index < -0.39 is 0 Å². The second kappa shape index (κ2) is 6.56. The molecule has 2 aromatic rings. The number of rotatable bonds is 4. The smallest absolute Gasteiger partial charge is 0.271 e.